The van der Waals surface area contributed by atoms with Crippen LogP contribution in [0.1, 0.15) is 10.4 Å². The zero-order valence-electron chi connectivity index (χ0n) is 17.4. The highest BCUT2D eigenvalue weighted by Gasteiger charge is 2.38. The monoisotopic (exact) mass is 471 g/mol. The number of nitrogen functional groups attached to an aromatic ring is 1. The summed E-state index contributed by atoms with van der Waals surface area (Å²) in [6.07, 6.45) is 5.16. The number of nitrogens with two attached hydrogens (primary N) is 1. The number of ether oxygens (including phenoxy) is 1. The zero-order chi connectivity index (χ0) is 22.7. The van der Waals surface area contributed by atoms with Gasteiger partial charge in [0.05, 0.1) is 22.5 Å². The Hall–Kier alpha value is -3.01. The minimum Gasteiger partial charge on any atom is -0.383 e. The molecule has 32 heavy (non-hydrogen) atoms. The molecule has 4 rings (SSSR count). The Kier molecular flexibility index (Phi) is 6.69. The van der Waals surface area contributed by atoms with Gasteiger partial charge in [-0.25, -0.2) is 9.97 Å². The molecule has 8 nitrogen and oxygen atoms in total. The lowest BCUT2D eigenvalue weighted by atomic mass is 10.1. The van der Waals surface area contributed by atoms with Gasteiger partial charge in [0.25, 0.3) is 0 Å². The second kappa shape index (κ2) is 9.64. The number of aromatic nitrogens is 2. The number of nitrogens with zero attached hydrogens (tertiary/aromatic N) is 4. The lowest BCUT2D eigenvalue weighted by molar-refractivity contribution is -0.160. The smallest absolute Gasteiger partial charge is 0.312 e. The Labute approximate surface area is 194 Å². The Morgan fingerprint density at radius 3 is 2.84 bits per heavy atom. The van der Waals surface area contributed by atoms with Gasteiger partial charge in [-0.3, -0.25) is 9.59 Å². The van der Waals surface area contributed by atoms with E-state index in [0.717, 1.165) is 15.8 Å². The molecule has 0 bridgehead atoms. The lowest BCUT2D eigenvalue weighted by Crippen LogP contribution is -2.60. The fourth-order valence-electron chi connectivity index (χ4n) is 3.71. The number of piperazine rings is 1. The van der Waals surface area contributed by atoms with Gasteiger partial charge in [0.15, 0.2) is 0 Å². The molecule has 0 spiro atoms. The maximum atomic E-state index is 12.9. The molecule has 1 aliphatic rings. The number of hydrogen-bond acceptors (Lipinski definition) is 7. The number of amides is 2. The van der Waals surface area contributed by atoms with Crippen molar-refractivity contribution in [3.05, 3.63) is 57.5 Å². The van der Waals surface area contributed by atoms with E-state index in [9.17, 15) is 9.59 Å². The lowest BCUT2D eigenvalue weighted by Gasteiger charge is -2.39. The molecular weight excluding hydrogens is 450 g/mol. The van der Waals surface area contributed by atoms with Crippen molar-refractivity contribution in [1.82, 2.24) is 19.8 Å². The van der Waals surface area contributed by atoms with Gasteiger partial charge in [0.2, 0.25) is 0 Å². The third kappa shape index (κ3) is 4.74. The maximum absolute atomic E-state index is 12.9. The predicted octanol–water partition coefficient (Wildman–Crippen LogP) is 2.83. The number of benzene rings is 1. The molecule has 10 heteroatoms. The van der Waals surface area contributed by atoms with E-state index in [0.29, 0.717) is 41.9 Å². The topological polar surface area (TPSA) is 102 Å². The fraction of sp³-hybridized carbons (Fsp3) is 0.273. The van der Waals surface area contributed by atoms with E-state index in [2.05, 4.69) is 9.97 Å². The second-order valence-electron chi connectivity index (χ2n) is 7.41. The Bertz CT molecular complexity index is 1180. The standard InChI is InChI=1S/C22H22ClN5O3S/c1-31-12-15-11-27(10-14-4-6-17-18(9-14)25-13-26-20(17)24)21(29)22(30)28(15)8-2-3-16-5-7-19(23)32-16/h2-7,9,13,15H,8,10-12H2,1H3,(H2,24,25,26)/b3-2+. The van der Waals surface area contributed by atoms with Crippen LogP contribution in [0.4, 0.5) is 5.82 Å². The van der Waals surface area contributed by atoms with E-state index in [4.69, 9.17) is 22.1 Å². The molecule has 2 amide bonds. The van der Waals surface area contributed by atoms with Crippen LogP contribution >= 0.6 is 22.9 Å². The van der Waals surface area contributed by atoms with Crippen LogP contribution in [0.2, 0.25) is 4.34 Å². The summed E-state index contributed by atoms with van der Waals surface area (Å²) in [5.74, 6) is -0.675. The van der Waals surface area contributed by atoms with Gasteiger partial charge < -0.3 is 20.3 Å². The van der Waals surface area contributed by atoms with Gasteiger partial charge in [-0.2, -0.15) is 0 Å². The number of fused-ring (bicyclic) bond motifs is 1. The highest BCUT2D eigenvalue weighted by atomic mass is 35.5. The van der Waals surface area contributed by atoms with E-state index < -0.39 is 11.8 Å². The third-order valence-corrected chi connectivity index (χ3v) is 6.44. The Morgan fingerprint density at radius 2 is 2.09 bits per heavy atom. The van der Waals surface area contributed by atoms with E-state index >= 15 is 0 Å². The molecule has 1 saturated heterocycles. The first-order chi connectivity index (χ1) is 15.5. The molecule has 3 aromatic rings. The number of carbonyl (C=O) groups excluding carboxylic acids is 2. The fourth-order valence-corrected chi connectivity index (χ4v) is 4.70. The molecular formula is C22H22ClN5O3S. The van der Waals surface area contributed by atoms with Crippen LogP contribution < -0.4 is 5.73 Å². The molecule has 1 atom stereocenters. The summed E-state index contributed by atoms with van der Waals surface area (Å²) in [7, 11) is 1.58. The van der Waals surface area contributed by atoms with Crippen LogP contribution in [0.5, 0.6) is 0 Å². The number of anilines is 1. The van der Waals surface area contributed by atoms with Gasteiger partial charge in [-0.1, -0.05) is 23.7 Å². The summed E-state index contributed by atoms with van der Waals surface area (Å²) in [4.78, 5) is 38.1. The number of thiophene rings is 1. The number of hydrogen-bond donors (Lipinski definition) is 1. The van der Waals surface area contributed by atoms with Crippen LogP contribution in [0.25, 0.3) is 17.0 Å². The summed E-state index contributed by atoms with van der Waals surface area (Å²) in [5, 5.41) is 0.750. The van der Waals surface area contributed by atoms with Crippen molar-refractivity contribution in [3.8, 4) is 0 Å². The summed E-state index contributed by atoms with van der Waals surface area (Å²) in [6.45, 7) is 1.31. The minimum atomic E-state index is -0.542. The number of halogens is 1. The zero-order valence-corrected chi connectivity index (χ0v) is 19.0. The summed E-state index contributed by atoms with van der Waals surface area (Å²) < 4.78 is 6.03. The summed E-state index contributed by atoms with van der Waals surface area (Å²) in [5.41, 5.74) is 7.44. The first kappa shape index (κ1) is 22.2. The van der Waals surface area contributed by atoms with Crippen LogP contribution in [0, 0.1) is 0 Å². The van der Waals surface area contributed by atoms with Crippen molar-refractivity contribution < 1.29 is 14.3 Å². The molecule has 1 unspecified atom stereocenters. The van der Waals surface area contributed by atoms with Crippen molar-refractivity contribution in [2.45, 2.75) is 12.6 Å². The Balaban J connectivity index is 1.49. The van der Waals surface area contributed by atoms with Crippen LogP contribution in [0.15, 0.2) is 42.7 Å². The molecule has 0 radical (unpaired) electrons. The molecule has 3 heterocycles. The van der Waals surface area contributed by atoms with E-state index in [1.54, 1.807) is 16.9 Å². The molecule has 2 N–H and O–H groups in total. The Morgan fingerprint density at radius 1 is 1.25 bits per heavy atom. The first-order valence-corrected chi connectivity index (χ1v) is 11.2. The highest BCUT2D eigenvalue weighted by molar-refractivity contribution is 7.16. The highest BCUT2D eigenvalue weighted by Crippen LogP contribution is 2.23. The third-order valence-electron chi connectivity index (χ3n) is 5.25. The predicted molar refractivity (Wildman–Crippen MR) is 125 cm³/mol. The van der Waals surface area contributed by atoms with Gasteiger partial charge in [0.1, 0.15) is 12.1 Å². The van der Waals surface area contributed by atoms with Gasteiger partial charge in [0, 0.05) is 37.0 Å². The molecule has 0 saturated carbocycles. The number of methoxy groups -OCH3 is 1. The molecule has 1 aromatic carbocycles. The van der Waals surface area contributed by atoms with E-state index in [1.165, 1.54) is 17.7 Å². The van der Waals surface area contributed by atoms with Crippen LogP contribution in [-0.4, -0.2) is 64.4 Å². The van der Waals surface area contributed by atoms with Crippen molar-refractivity contribution in [2.75, 3.05) is 32.5 Å². The molecule has 0 aliphatic carbocycles. The molecule has 2 aromatic heterocycles. The minimum absolute atomic E-state index is 0.250. The van der Waals surface area contributed by atoms with Crippen molar-refractivity contribution in [1.29, 1.82) is 0 Å². The number of rotatable bonds is 7. The van der Waals surface area contributed by atoms with E-state index in [1.807, 2.05) is 42.5 Å². The van der Waals surface area contributed by atoms with Gasteiger partial charge in [-0.15, -0.1) is 11.3 Å². The molecule has 1 fully saturated rings. The normalized spacial score (nSPS) is 17.1. The van der Waals surface area contributed by atoms with E-state index in [-0.39, 0.29) is 6.04 Å². The van der Waals surface area contributed by atoms with Crippen LogP contribution in [-0.2, 0) is 20.9 Å². The van der Waals surface area contributed by atoms with Crippen molar-refractivity contribution in [3.63, 3.8) is 0 Å². The largest absolute Gasteiger partial charge is 0.383 e. The summed E-state index contributed by atoms with van der Waals surface area (Å²) in [6, 6.07) is 9.03. The average Bonchev–Trinajstić information content (AvgIpc) is 3.19. The average molecular weight is 472 g/mol. The second-order valence-corrected chi connectivity index (χ2v) is 9.15. The van der Waals surface area contributed by atoms with Crippen molar-refractivity contribution in [2.24, 2.45) is 0 Å². The number of carbonyl (C=O) groups is 2. The SMILES string of the molecule is COCC1CN(Cc2ccc3c(N)ncnc3c2)C(=O)C(=O)N1C/C=C/c1ccc(Cl)s1. The maximum Gasteiger partial charge on any atom is 0.312 e. The summed E-state index contributed by atoms with van der Waals surface area (Å²) >= 11 is 7.41. The van der Waals surface area contributed by atoms with Crippen molar-refractivity contribution >= 4 is 57.5 Å². The van der Waals surface area contributed by atoms with Gasteiger partial charge >= 0.3 is 11.8 Å². The molecule has 1 aliphatic heterocycles. The molecule has 166 valence electrons. The van der Waals surface area contributed by atoms with Gasteiger partial charge in [-0.05, 0) is 35.9 Å². The quantitative estimate of drug-likeness (QED) is 0.531. The first-order valence-electron chi connectivity index (χ1n) is 9.96. The van der Waals surface area contributed by atoms with Crippen LogP contribution in [0.3, 0.4) is 0 Å².